The van der Waals surface area contributed by atoms with Crippen LogP contribution in [-0.2, 0) is 0 Å². The van der Waals surface area contributed by atoms with Gasteiger partial charge in [0.15, 0.2) is 5.78 Å². The van der Waals surface area contributed by atoms with Gasteiger partial charge in [-0.15, -0.1) is 0 Å². The number of hydrogen-bond acceptors (Lipinski definition) is 2. The summed E-state index contributed by atoms with van der Waals surface area (Å²) in [6.07, 6.45) is 3.16. The lowest BCUT2D eigenvalue weighted by Gasteiger charge is -2.03. The van der Waals surface area contributed by atoms with E-state index in [0.717, 1.165) is 11.3 Å². The molecule has 0 aromatic heterocycles. The van der Waals surface area contributed by atoms with E-state index in [4.69, 9.17) is 11.6 Å². The van der Waals surface area contributed by atoms with Crippen molar-refractivity contribution in [2.45, 2.75) is 6.92 Å². The first-order chi connectivity index (χ1) is 9.16. The number of carbonyl (C=O) groups excluding carboxylic acids is 1. The van der Waals surface area contributed by atoms with Crippen molar-refractivity contribution in [2.75, 3.05) is 5.32 Å². The quantitative estimate of drug-likeness (QED) is 0.657. The van der Waals surface area contributed by atoms with Crippen LogP contribution in [0.5, 0.6) is 0 Å². The van der Waals surface area contributed by atoms with E-state index in [0.29, 0.717) is 10.6 Å². The molecule has 3 heteroatoms. The van der Waals surface area contributed by atoms with Crippen LogP contribution in [0.15, 0.2) is 60.8 Å². The summed E-state index contributed by atoms with van der Waals surface area (Å²) in [6, 6.07) is 14.7. The number of benzene rings is 2. The monoisotopic (exact) mass is 271 g/mol. The molecule has 2 aromatic carbocycles. The minimum atomic E-state index is -0.0576. The van der Waals surface area contributed by atoms with Gasteiger partial charge in [-0.1, -0.05) is 29.8 Å². The Labute approximate surface area is 117 Å². The maximum Gasteiger partial charge on any atom is 0.187 e. The molecule has 0 unspecified atom stereocenters. The topological polar surface area (TPSA) is 29.1 Å². The molecule has 0 bridgehead atoms. The highest BCUT2D eigenvalue weighted by Crippen LogP contribution is 2.13. The molecule has 0 radical (unpaired) electrons. The fourth-order valence-electron chi connectivity index (χ4n) is 1.65. The Morgan fingerprint density at radius 1 is 1.11 bits per heavy atom. The summed E-state index contributed by atoms with van der Waals surface area (Å²) in [5.74, 6) is -0.0576. The van der Waals surface area contributed by atoms with E-state index in [-0.39, 0.29) is 5.78 Å². The van der Waals surface area contributed by atoms with Gasteiger partial charge in [0.2, 0.25) is 0 Å². The molecule has 2 nitrogen and oxygen atoms in total. The second kappa shape index (κ2) is 6.21. The van der Waals surface area contributed by atoms with Crippen molar-refractivity contribution < 1.29 is 4.79 Å². The van der Waals surface area contributed by atoms with Gasteiger partial charge >= 0.3 is 0 Å². The number of rotatable bonds is 4. The lowest BCUT2D eigenvalue weighted by Crippen LogP contribution is -1.96. The molecule has 0 saturated heterocycles. The maximum absolute atomic E-state index is 11.9. The minimum absolute atomic E-state index is 0.0576. The number of anilines is 1. The fraction of sp³-hybridized carbons (Fsp3) is 0.0625. The SMILES string of the molecule is Cc1ccccc1N/C=C\C(=O)c1ccc(Cl)cc1. The third-order valence-electron chi connectivity index (χ3n) is 2.75. The van der Waals surface area contributed by atoms with Crippen molar-refractivity contribution in [1.82, 2.24) is 0 Å². The molecular formula is C16H14ClNO. The molecule has 0 aliphatic heterocycles. The van der Waals surface area contributed by atoms with Gasteiger partial charge in [-0.3, -0.25) is 4.79 Å². The summed E-state index contributed by atoms with van der Waals surface area (Å²) in [4.78, 5) is 11.9. The second-order valence-electron chi connectivity index (χ2n) is 4.16. The van der Waals surface area contributed by atoms with Crippen LogP contribution in [0, 0.1) is 6.92 Å². The highest BCUT2D eigenvalue weighted by atomic mass is 35.5. The molecule has 1 N–H and O–H groups in total. The number of allylic oxidation sites excluding steroid dienone is 1. The van der Waals surface area contributed by atoms with E-state index in [1.54, 1.807) is 30.5 Å². The smallest absolute Gasteiger partial charge is 0.187 e. The first-order valence-electron chi connectivity index (χ1n) is 5.95. The zero-order chi connectivity index (χ0) is 13.7. The minimum Gasteiger partial charge on any atom is -0.361 e. The molecule has 0 saturated carbocycles. The standard InChI is InChI=1S/C16H14ClNO/c1-12-4-2-3-5-15(12)18-11-10-16(19)13-6-8-14(17)9-7-13/h2-11,18H,1H3/b11-10-. The lowest BCUT2D eigenvalue weighted by molar-refractivity contribution is 0.104. The van der Waals surface area contributed by atoms with E-state index >= 15 is 0 Å². The van der Waals surface area contributed by atoms with Crippen molar-refractivity contribution in [3.05, 3.63) is 77.0 Å². The van der Waals surface area contributed by atoms with Crippen LogP contribution in [0.3, 0.4) is 0 Å². The Morgan fingerprint density at radius 3 is 2.47 bits per heavy atom. The molecule has 96 valence electrons. The third kappa shape index (κ3) is 3.70. The predicted octanol–water partition coefficient (Wildman–Crippen LogP) is 4.46. The number of para-hydroxylation sites is 1. The van der Waals surface area contributed by atoms with Crippen LogP contribution in [0.1, 0.15) is 15.9 Å². The number of carbonyl (C=O) groups is 1. The molecule has 2 aromatic rings. The molecule has 19 heavy (non-hydrogen) atoms. The van der Waals surface area contributed by atoms with Gasteiger partial charge in [0.1, 0.15) is 0 Å². The summed E-state index contributed by atoms with van der Waals surface area (Å²) in [6.45, 7) is 2.01. The third-order valence-corrected chi connectivity index (χ3v) is 3.00. The van der Waals surface area contributed by atoms with Crippen molar-refractivity contribution in [2.24, 2.45) is 0 Å². The Hall–Kier alpha value is -2.06. The zero-order valence-electron chi connectivity index (χ0n) is 10.6. The Morgan fingerprint density at radius 2 is 1.79 bits per heavy atom. The van der Waals surface area contributed by atoms with Crippen LogP contribution in [0.25, 0.3) is 0 Å². The van der Waals surface area contributed by atoms with E-state index in [1.807, 2.05) is 31.2 Å². The Bertz CT molecular complexity index is 602. The Balaban J connectivity index is 2.01. The summed E-state index contributed by atoms with van der Waals surface area (Å²) in [7, 11) is 0. The number of nitrogens with one attached hydrogen (secondary N) is 1. The van der Waals surface area contributed by atoms with E-state index < -0.39 is 0 Å². The normalized spacial score (nSPS) is 10.6. The molecule has 2 rings (SSSR count). The van der Waals surface area contributed by atoms with Crippen molar-refractivity contribution in [3.63, 3.8) is 0 Å². The Kier molecular flexibility index (Phi) is 4.37. The highest BCUT2D eigenvalue weighted by Gasteiger charge is 2.00. The van der Waals surface area contributed by atoms with Gasteiger partial charge in [0.25, 0.3) is 0 Å². The maximum atomic E-state index is 11.9. The molecular weight excluding hydrogens is 258 g/mol. The van der Waals surface area contributed by atoms with Gasteiger partial charge in [-0.25, -0.2) is 0 Å². The van der Waals surface area contributed by atoms with E-state index in [9.17, 15) is 4.79 Å². The summed E-state index contributed by atoms with van der Waals surface area (Å²) in [5, 5.41) is 3.72. The van der Waals surface area contributed by atoms with Crippen molar-refractivity contribution in [3.8, 4) is 0 Å². The fourth-order valence-corrected chi connectivity index (χ4v) is 1.78. The van der Waals surface area contributed by atoms with Gasteiger partial charge in [0.05, 0.1) is 0 Å². The predicted molar refractivity (Wildman–Crippen MR) is 79.7 cm³/mol. The van der Waals surface area contributed by atoms with Crippen LogP contribution >= 0.6 is 11.6 Å². The number of aryl methyl sites for hydroxylation is 1. The van der Waals surface area contributed by atoms with E-state index in [2.05, 4.69) is 5.32 Å². The van der Waals surface area contributed by atoms with Crippen LogP contribution < -0.4 is 5.32 Å². The zero-order valence-corrected chi connectivity index (χ0v) is 11.3. The average molecular weight is 272 g/mol. The second-order valence-corrected chi connectivity index (χ2v) is 4.60. The van der Waals surface area contributed by atoms with Gasteiger partial charge in [-0.2, -0.15) is 0 Å². The molecule has 0 amide bonds. The van der Waals surface area contributed by atoms with Crippen LogP contribution in [0.4, 0.5) is 5.69 Å². The summed E-state index contributed by atoms with van der Waals surface area (Å²) < 4.78 is 0. The molecule has 0 atom stereocenters. The van der Waals surface area contributed by atoms with Gasteiger partial charge in [-0.05, 0) is 42.8 Å². The van der Waals surface area contributed by atoms with Crippen molar-refractivity contribution >= 4 is 23.1 Å². The number of ketones is 1. The van der Waals surface area contributed by atoms with Crippen LogP contribution in [0.2, 0.25) is 5.02 Å². The molecule has 0 aliphatic carbocycles. The lowest BCUT2D eigenvalue weighted by atomic mass is 10.1. The first kappa shape index (κ1) is 13.4. The van der Waals surface area contributed by atoms with Gasteiger partial charge < -0.3 is 5.32 Å². The molecule has 0 fully saturated rings. The average Bonchev–Trinajstić information content (AvgIpc) is 2.41. The molecule has 0 aliphatic rings. The van der Waals surface area contributed by atoms with E-state index in [1.165, 1.54) is 6.08 Å². The number of halogens is 1. The first-order valence-corrected chi connectivity index (χ1v) is 6.33. The summed E-state index contributed by atoms with van der Waals surface area (Å²) >= 11 is 5.78. The van der Waals surface area contributed by atoms with Crippen LogP contribution in [-0.4, -0.2) is 5.78 Å². The highest BCUT2D eigenvalue weighted by molar-refractivity contribution is 6.30. The van der Waals surface area contributed by atoms with Gasteiger partial charge in [0, 0.05) is 28.5 Å². The van der Waals surface area contributed by atoms with Crippen molar-refractivity contribution in [1.29, 1.82) is 0 Å². The molecule has 0 spiro atoms. The summed E-state index contributed by atoms with van der Waals surface area (Å²) in [5.41, 5.74) is 2.74. The largest absolute Gasteiger partial charge is 0.361 e. The number of hydrogen-bond donors (Lipinski definition) is 1. The molecule has 0 heterocycles.